The number of nitrogens with one attached hydrogen (secondary N) is 1. The van der Waals surface area contributed by atoms with Gasteiger partial charge in [-0.3, -0.25) is 0 Å². The molecule has 0 saturated heterocycles. The third-order valence-electron chi connectivity index (χ3n) is 3.29. The molecule has 1 fully saturated rings. The topological polar surface area (TPSA) is 32.3 Å². The molecule has 15 heavy (non-hydrogen) atoms. The van der Waals surface area contributed by atoms with Crippen LogP contribution >= 0.6 is 0 Å². The maximum atomic E-state index is 9.48. The van der Waals surface area contributed by atoms with Gasteiger partial charge in [0.05, 0.1) is 12.1 Å². The van der Waals surface area contributed by atoms with E-state index in [0.717, 1.165) is 18.5 Å². The van der Waals surface area contributed by atoms with Gasteiger partial charge < -0.3 is 10.4 Å². The van der Waals surface area contributed by atoms with Crippen molar-refractivity contribution >= 4 is 5.69 Å². The zero-order chi connectivity index (χ0) is 10.7. The van der Waals surface area contributed by atoms with E-state index < -0.39 is 0 Å². The third-order valence-corrected chi connectivity index (χ3v) is 3.29. The van der Waals surface area contributed by atoms with Crippen molar-refractivity contribution in [3.8, 4) is 0 Å². The van der Waals surface area contributed by atoms with Crippen LogP contribution in [0, 0.1) is 6.92 Å². The summed E-state index contributed by atoms with van der Waals surface area (Å²) in [5.41, 5.74) is 2.32. The summed E-state index contributed by atoms with van der Waals surface area (Å²) in [5, 5.41) is 13.0. The molecule has 0 radical (unpaired) electrons. The molecule has 1 aliphatic carbocycles. The van der Waals surface area contributed by atoms with Crippen LogP contribution in [-0.2, 0) is 0 Å². The van der Waals surface area contributed by atoms with E-state index in [2.05, 4.69) is 36.5 Å². The fourth-order valence-electron chi connectivity index (χ4n) is 2.40. The number of aliphatic hydroxyl groups is 1. The van der Waals surface area contributed by atoms with Gasteiger partial charge in [0, 0.05) is 5.69 Å². The Morgan fingerprint density at radius 1 is 1.33 bits per heavy atom. The van der Waals surface area contributed by atoms with Crippen LogP contribution in [0.15, 0.2) is 24.3 Å². The summed E-state index contributed by atoms with van der Waals surface area (Å²) in [6, 6.07) is 8.35. The highest BCUT2D eigenvalue weighted by atomic mass is 16.3. The van der Waals surface area contributed by atoms with E-state index >= 15 is 0 Å². The lowest BCUT2D eigenvalue weighted by Crippen LogP contribution is -2.38. The van der Waals surface area contributed by atoms with Gasteiger partial charge in [0.1, 0.15) is 0 Å². The van der Waals surface area contributed by atoms with Crippen LogP contribution in [0.25, 0.3) is 0 Å². The maximum absolute atomic E-state index is 9.48. The van der Waals surface area contributed by atoms with Gasteiger partial charge in [-0.15, -0.1) is 0 Å². The summed E-state index contributed by atoms with van der Waals surface area (Å²) < 4.78 is 0. The van der Waals surface area contributed by atoms with Crippen LogP contribution in [-0.4, -0.2) is 17.3 Å². The van der Waals surface area contributed by atoms with Crippen molar-refractivity contribution in [1.29, 1.82) is 0 Å². The molecule has 1 aromatic carbocycles. The van der Waals surface area contributed by atoms with E-state index in [1.54, 1.807) is 0 Å². The van der Waals surface area contributed by atoms with E-state index in [1.165, 1.54) is 18.4 Å². The first-order valence-corrected chi connectivity index (χ1v) is 5.70. The van der Waals surface area contributed by atoms with Crippen LogP contribution in [0.2, 0.25) is 0 Å². The van der Waals surface area contributed by atoms with E-state index in [0.29, 0.717) is 0 Å². The molecular formula is C13H19NO. The van der Waals surface area contributed by atoms with Gasteiger partial charge in [0.2, 0.25) is 0 Å². The molecule has 0 aromatic heterocycles. The van der Waals surface area contributed by atoms with Crippen LogP contribution < -0.4 is 5.32 Å². The summed E-state index contributed by atoms with van der Waals surface area (Å²) in [6.07, 6.45) is 4.60. The normalized spacial score (nSPS) is 19.1. The molecule has 1 aromatic rings. The van der Waals surface area contributed by atoms with Crippen molar-refractivity contribution in [1.82, 2.24) is 0 Å². The molecule has 0 amide bonds. The molecule has 2 N–H and O–H groups in total. The SMILES string of the molecule is Cc1cccc(NC2(CO)CCCC2)c1. The second-order valence-corrected chi connectivity index (χ2v) is 4.64. The van der Waals surface area contributed by atoms with Gasteiger partial charge in [0.25, 0.3) is 0 Å². The monoisotopic (exact) mass is 205 g/mol. The second kappa shape index (κ2) is 4.23. The standard InChI is InChI=1S/C13H19NO/c1-11-5-4-6-12(9-11)14-13(10-15)7-2-3-8-13/h4-6,9,14-15H,2-3,7-8,10H2,1H3. The number of benzene rings is 1. The van der Waals surface area contributed by atoms with E-state index in [4.69, 9.17) is 0 Å². The zero-order valence-corrected chi connectivity index (χ0v) is 9.29. The highest BCUT2D eigenvalue weighted by Gasteiger charge is 2.32. The summed E-state index contributed by atoms with van der Waals surface area (Å²) in [4.78, 5) is 0. The predicted molar refractivity (Wildman–Crippen MR) is 63.1 cm³/mol. The Morgan fingerprint density at radius 2 is 2.07 bits per heavy atom. The number of aliphatic hydroxyl groups excluding tert-OH is 1. The Morgan fingerprint density at radius 3 is 2.67 bits per heavy atom. The van der Waals surface area contributed by atoms with Crippen molar-refractivity contribution in [2.45, 2.75) is 38.1 Å². The molecule has 2 rings (SSSR count). The van der Waals surface area contributed by atoms with Crippen molar-refractivity contribution in [3.05, 3.63) is 29.8 Å². The lowest BCUT2D eigenvalue weighted by molar-refractivity contribution is 0.214. The van der Waals surface area contributed by atoms with Crippen molar-refractivity contribution in [2.75, 3.05) is 11.9 Å². The molecule has 1 saturated carbocycles. The Bertz CT molecular complexity index is 329. The molecule has 2 nitrogen and oxygen atoms in total. The van der Waals surface area contributed by atoms with Crippen LogP contribution in [0.1, 0.15) is 31.2 Å². The van der Waals surface area contributed by atoms with Crippen molar-refractivity contribution in [2.24, 2.45) is 0 Å². The van der Waals surface area contributed by atoms with Gasteiger partial charge in [0.15, 0.2) is 0 Å². The minimum Gasteiger partial charge on any atom is -0.394 e. The highest BCUT2D eigenvalue weighted by Crippen LogP contribution is 2.32. The number of hydrogen-bond acceptors (Lipinski definition) is 2. The molecule has 0 unspecified atom stereocenters. The molecule has 0 bridgehead atoms. The molecule has 0 heterocycles. The maximum Gasteiger partial charge on any atom is 0.0661 e. The average molecular weight is 205 g/mol. The van der Waals surface area contributed by atoms with Gasteiger partial charge in [-0.2, -0.15) is 0 Å². The van der Waals surface area contributed by atoms with Gasteiger partial charge in [-0.05, 0) is 37.5 Å². The lowest BCUT2D eigenvalue weighted by atomic mass is 9.98. The van der Waals surface area contributed by atoms with Crippen LogP contribution in [0.4, 0.5) is 5.69 Å². The van der Waals surface area contributed by atoms with Gasteiger partial charge in [-0.1, -0.05) is 25.0 Å². The Kier molecular flexibility index (Phi) is 2.96. The molecule has 0 spiro atoms. The van der Waals surface area contributed by atoms with E-state index in [-0.39, 0.29) is 12.1 Å². The quantitative estimate of drug-likeness (QED) is 0.795. The zero-order valence-electron chi connectivity index (χ0n) is 9.29. The van der Waals surface area contributed by atoms with Crippen molar-refractivity contribution < 1.29 is 5.11 Å². The second-order valence-electron chi connectivity index (χ2n) is 4.64. The van der Waals surface area contributed by atoms with Gasteiger partial charge >= 0.3 is 0 Å². The number of anilines is 1. The lowest BCUT2D eigenvalue weighted by Gasteiger charge is -2.29. The average Bonchev–Trinajstić information content (AvgIpc) is 2.67. The fraction of sp³-hybridized carbons (Fsp3) is 0.538. The largest absolute Gasteiger partial charge is 0.394 e. The molecule has 0 atom stereocenters. The first-order chi connectivity index (χ1) is 7.24. The van der Waals surface area contributed by atoms with E-state index in [1.807, 2.05) is 0 Å². The van der Waals surface area contributed by atoms with Crippen LogP contribution in [0.3, 0.4) is 0 Å². The smallest absolute Gasteiger partial charge is 0.0661 e. The molecule has 2 heteroatoms. The minimum atomic E-state index is -0.0617. The van der Waals surface area contributed by atoms with Gasteiger partial charge in [-0.25, -0.2) is 0 Å². The fourth-order valence-corrected chi connectivity index (χ4v) is 2.40. The third kappa shape index (κ3) is 2.32. The molecule has 1 aliphatic rings. The molecular weight excluding hydrogens is 186 g/mol. The number of aryl methyl sites for hydroxylation is 1. The summed E-state index contributed by atoms with van der Waals surface area (Å²) in [6.45, 7) is 2.33. The Balaban J connectivity index is 2.12. The molecule has 82 valence electrons. The van der Waals surface area contributed by atoms with E-state index in [9.17, 15) is 5.11 Å². The minimum absolute atomic E-state index is 0.0617. The summed E-state index contributed by atoms with van der Waals surface area (Å²) in [7, 11) is 0. The highest BCUT2D eigenvalue weighted by molar-refractivity contribution is 5.48. The van der Waals surface area contributed by atoms with Crippen LogP contribution in [0.5, 0.6) is 0 Å². The Labute approximate surface area is 91.3 Å². The molecule has 0 aliphatic heterocycles. The Hall–Kier alpha value is -1.02. The summed E-state index contributed by atoms with van der Waals surface area (Å²) >= 11 is 0. The number of hydrogen-bond donors (Lipinski definition) is 2. The number of rotatable bonds is 3. The summed E-state index contributed by atoms with van der Waals surface area (Å²) in [5.74, 6) is 0. The predicted octanol–water partition coefficient (Wildman–Crippen LogP) is 2.71. The first-order valence-electron chi connectivity index (χ1n) is 5.70. The first kappa shape index (κ1) is 10.5. The van der Waals surface area contributed by atoms with Crippen molar-refractivity contribution in [3.63, 3.8) is 0 Å².